The zero-order valence-electron chi connectivity index (χ0n) is 14.7. The second-order valence-electron chi connectivity index (χ2n) is 6.80. The van der Waals surface area contributed by atoms with Crippen LogP contribution >= 0.6 is 0 Å². The Morgan fingerprint density at radius 1 is 1.08 bits per heavy atom. The number of aromatic nitrogens is 1. The van der Waals surface area contributed by atoms with Crippen LogP contribution in [-0.4, -0.2) is 29.2 Å². The van der Waals surface area contributed by atoms with Gasteiger partial charge in [-0.25, -0.2) is 0 Å². The Morgan fingerprint density at radius 2 is 1.88 bits per heavy atom. The van der Waals surface area contributed by atoms with Gasteiger partial charge < -0.3 is 15.0 Å². The summed E-state index contributed by atoms with van der Waals surface area (Å²) in [5.41, 5.74) is 10.8. The normalized spacial score (nSPS) is 14.6. The Kier molecular flexibility index (Phi) is 4.36. The van der Waals surface area contributed by atoms with Crippen LogP contribution in [0.2, 0.25) is 0 Å². The summed E-state index contributed by atoms with van der Waals surface area (Å²) in [6.07, 6.45) is 2.16. The van der Waals surface area contributed by atoms with Gasteiger partial charge in [-0.05, 0) is 42.3 Å². The quantitative estimate of drug-likeness (QED) is 0.572. The van der Waals surface area contributed by atoms with E-state index in [4.69, 9.17) is 10.5 Å². The number of nitrogens with two attached hydrogens (primary N) is 1. The van der Waals surface area contributed by atoms with Crippen molar-refractivity contribution in [1.82, 2.24) is 9.47 Å². The van der Waals surface area contributed by atoms with Gasteiger partial charge >= 0.3 is 0 Å². The lowest BCUT2D eigenvalue weighted by Gasteiger charge is -2.27. The largest absolute Gasteiger partial charge is 0.494 e. The Bertz CT molecular complexity index is 867. The lowest BCUT2D eigenvalue weighted by molar-refractivity contribution is 0.220. The van der Waals surface area contributed by atoms with E-state index >= 15 is 0 Å². The second-order valence-corrected chi connectivity index (χ2v) is 6.80. The lowest BCUT2D eigenvalue weighted by atomic mass is 10.0. The summed E-state index contributed by atoms with van der Waals surface area (Å²) in [6, 6.07) is 16.4. The number of benzene rings is 2. The van der Waals surface area contributed by atoms with Gasteiger partial charge in [0.25, 0.3) is 0 Å². The molecule has 4 rings (SSSR count). The molecule has 2 N–H and O–H groups in total. The number of fused-ring (bicyclic) bond motifs is 3. The average molecular weight is 335 g/mol. The van der Waals surface area contributed by atoms with Crippen molar-refractivity contribution in [2.75, 3.05) is 25.4 Å². The number of nitrogen functional groups attached to an aromatic ring is 1. The number of ether oxygens (including phenoxy) is 1. The number of nitrogens with zero attached hydrogens (tertiary/aromatic N) is 2. The molecule has 0 spiro atoms. The van der Waals surface area contributed by atoms with Crippen molar-refractivity contribution in [3.05, 3.63) is 59.8 Å². The van der Waals surface area contributed by atoms with E-state index in [0.717, 1.165) is 50.5 Å². The van der Waals surface area contributed by atoms with E-state index in [0.29, 0.717) is 0 Å². The van der Waals surface area contributed by atoms with Gasteiger partial charge in [0.1, 0.15) is 5.75 Å². The molecule has 0 unspecified atom stereocenters. The van der Waals surface area contributed by atoms with Crippen molar-refractivity contribution in [2.24, 2.45) is 7.05 Å². The van der Waals surface area contributed by atoms with Gasteiger partial charge in [0.15, 0.2) is 0 Å². The molecule has 0 radical (unpaired) electrons. The highest BCUT2D eigenvalue weighted by Crippen LogP contribution is 2.29. The standard InChI is InChI=1S/C21H25N3O/c1-23-20-6-3-2-5-18(20)19-15-24(13-11-21(19)23)12-4-14-25-17-9-7-16(22)8-10-17/h2-3,5-10H,4,11-15,22H2,1H3. The molecule has 0 bridgehead atoms. The Balaban J connectivity index is 1.35. The molecular weight excluding hydrogens is 310 g/mol. The number of aryl methyl sites for hydroxylation is 1. The first kappa shape index (κ1) is 16.0. The maximum Gasteiger partial charge on any atom is 0.119 e. The zero-order chi connectivity index (χ0) is 17.2. The fourth-order valence-electron chi connectivity index (χ4n) is 3.82. The smallest absolute Gasteiger partial charge is 0.119 e. The zero-order valence-corrected chi connectivity index (χ0v) is 14.7. The molecule has 1 aliphatic rings. The van der Waals surface area contributed by atoms with Crippen LogP contribution < -0.4 is 10.5 Å². The van der Waals surface area contributed by atoms with E-state index in [2.05, 4.69) is 40.8 Å². The van der Waals surface area contributed by atoms with Gasteiger partial charge in [0, 0.05) is 55.4 Å². The van der Waals surface area contributed by atoms with E-state index in [-0.39, 0.29) is 0 Å². The molecular formula is C21H25N3O. The van der Waals surface area contributed by atoms with Crippen LogP contribution in [0.4, 0.5) is 5.69 Å². The highest BCUT2D eigenvalue weighted by Gasteiger charge is 2.22. The number of hydrogen-bond acceptors (Lipinski definition) is 3. The van der Waals surface area contributed by atoms with E-state index in [1.165, 1.54) is 22.2 Å². The summed E-state index contributed by atoms with van der Waals surface area (Å²) in [4.78, 5) is 2.54. The third kappa shape index (κ3) is 3.22. The van der Waals surface area contributed by atoms with Crippen molar-refractivity contribution in [3.8, 4) is 5.75 Å². The van der Waals surface area contributed by atoms with E-state index < -0.39 is 0 Å². The van der Waals surface area contributed by atoms with Crippen LogP contribution in [-0.2, 0) is 20.0 Å². The number of hydrogen-bond donors (Lipinski definition) is 1. The van der Waals surface area contributed by atoms with Gasteiger partial charge in [-0.2, -0.15) is 0 Å². The Labute approximate surface area is 148 Å². The Hall–Kier alpha value is -2.46. The summed E-state index contributed by atoms with van der Waals surface area (Å²) in [5.74, 6) is 0.893. The first-order valence-electron chi connectivity index (χ1n) is 8.98. The summed E-state index contributed by atoms with van der Waals surface area (Å²) < 4.78 is 8.18. The maximum absolute atomic E-state index is 5.81. The molecule has 25 heavy (non-hydrogen) atoms. The highest BCUT2D eigenvalue weighted by molar-refractivity contribution is 5.85. The van der Waals surface area contributed by atoms with Crippen molar-refractivity contribution >= 4 is 16.6 Å². The van der Waals surface area contributed by atoms with Gasteiger partial charge in [0.2, 0.25) is 0 Å². The van der Waals surface area contributed by atoms with Crippen LogP contribution in [0.25, 0.3) is 10.9 Å². The van der Waals surface area contributed by atoms with Crippen LogP contribution in [0, 0.1) is 0 Å². The van der Waals surface area contributed by atoms with Gasteiger partial charge in [-0.3, -0.25) is 4.90 Å². The minimum absolute atomic E-state index is 0.739. The molecule has 130 valence electrons. The molecule has 1 aliphatic heterocycles. The van der Waals surface area contributed by atoms with Gasteiger partial charge in [-0.15, -0.1) is 0 Å². The topological polar surface area (TPSA) is 43.4 Å². The monoisotopic (exact) mass is 335 g/mol. The van der Waals surface area contributed by atoms with Crippen LogP contribution in [0.5, 0.6) is 5.75 Å². The molecule has 0 fully saturated rings. The number of para-hydroxylation sites is 1. The third-order valence-corrected chi connectivity index (χ3v) is 5.16. The summed E-state index contributed by atoms with van der Waals surface area (Å²) in [6.45, 7) is 3.97. The molecule has 0 amide bonds. The van der Waals surface area contributed by atoms with E-state index in [1.807, 2.05) is 24.3 Å². The fraction of sp³-hybridized carbons (Fsp3) is 0.333. The predicted molar refractivity (Wildman–Crippen MR) is 103 cm³/mol. The van der Waals surface area contributed by atoms with Gasteiger partial charge in [0.05, 0.1) is 6.61 Å². The third-order valence-electron chi connectivity index (χ3n) is 5.16. The fourth-order valence-corrected chi connectivity index (χ4v) is 3.82. The van der Waals surface area contributed by atoms with Crippen molar-refractivity contribution < 1.29 is 4.74 Å². The van der Waals surface area contributed by atoms with E-state index in [1.54, 1.807) is 0 Å². The second kappa shape index (κ2) is 6.81. The van der Waals surface area contributed by atoms with Crippen LogP contribution in [0.15, 0.2) is 48.5 Å². The molecule has 3 aromatic rings. The molecule has 0 saturated heterocycles. The Morgan fingerprint density at radius 3 is 2.72 bits per heavy atom. The number of rotatable bonds is 5. The van der Waals surface area contributed by atoms with Crippen molar-refractivity contribution in [2.45, 2.75) is 19.4 Å². The summed E-state index contributed by atoms with van der Waals surface area (Å²) >= 11 is 0. The minimum atomic E-state index is 0.739. The summed E-state index contributed by atoms with van der Waals surface area (Å²) in [7, 11) is 2.19. The molecule has 4 nitrogen and oxygen atoms in total. The molecule has 2 heterocycles. The van der Waals surface area contributed by atoms with Crippen LogP contribution in [0.1, 0.15) is 17.7 Å². The van der Waals surface area contributed by atoms with Crippen molar-refractivity contribution in [1.29, 1.82) is 0 Å². The minimum Gasteiger partial charge on any atom is -0.494 e. The lowest BCUT2D eigenvalue weighted by Crippen LogP contribution is -2.32. The average Bonchev–Trinajstić information content (AvgIpc) is 2.93. The number of anilines is 1. The molecule has 2 aromatic carbocycles. The van der Waals surface area contributed by atoms with Gasteiger partial charge in [-0.1, -0.05) is 18.2 Å². The SMILES string of the molecule is Cn1c2c(c3ccccc31)CN(CCCOc1ccc(N)cc1)CC2. The first-order chi connectivity index (χ1) is 12.2. The predicted octanol–water partition coefficient (Wildman–Crippen LogP) is 3.59. The highest BCUT2D eigenvalue weighted by atomic mass is 16.5. The molecule has 1 aromatic heterocycles. The molecule has 4 heteroatoms. The van der Waals surface area contributed by atoms with Crippen molar-refractivity contribution in [3.63, 3.8) is 0 Å². The van der Waals surface area contributed by atoms with E-state index in [9.17, 15) is 0 Å². The summed E-state index contributed by atoms with van der Waals surface area (Å²) in [5, 5.41) is 1.41. The van der Waals surface area contributed by atoms with Crippen LogP contribution in [0.3, 0.4) is 0 Å². The molecule has 0 saturated carbocycles. The maximum atomic E-state index is 5.81. The first-order valence-corrected chi connectivity index (χ1v) is 8.98. The molecule has 0 atom stereocenters. The molecule has 0 aliphatic carbocycles.